The molecule has 0 fully saturated rings. The zero-order chi connectivity index (χ0) is 29.4. The smallest absolute Gasteiger partial charge is 0.264 e. The first-order valence-corrected chi connectivity index (χ1v) is 14.9. The van der Waals surface area contributed by atoms with Gasteiger partial charge in [-0.3, -0.25) is 13.9 Å². The number of sulfonamides is 1. The Labute approximate surface area is 237 Å². The molecule has 214 valence electrons. The van der Waals surface area contributed by atoms with Crippen molar-refractivity contribution in [1.29, 1.82) is 0 Å². The lowest BCUT2D eigenvalue weighted by Crippen LogP contribution is -2.53. The number of hydrogen-bond acceptors (Lipinski definition) is 4. The maximum atomic E-state index is 14.1. The zero-order valence-corrected chi connectivity index (χ0v) is 24.5. The van der Waals surface area contributed by atoms with Gasteiger partial charge in [0, 0.05) is 12.6 Å². The standard InChI is InChI=1S/C31H38FN3O4S/c1-6-25-10-8-9-11-29(25)35(40(38,39)27-18-12-23(5)13-19-27)21-30(36)34(20-24-14-16-26(32)17-15-24)28(7-2)31(37)33-22(3)4/h8-19,22,28H,6-7,20-21H2,1-5H3,(H,33,37). The molecule has 0 aromatic heterocycles. The van der Waals surface area contributed by atoms with Gasteiger partial charge in [-0.25, -0.2) is 12.8 Å². The van der Waals surface area contributed by atoms with E-state index in [1.165, 1.54) is 29.2 Å². The average Bonchev–Trinajstić information content (AvgIpc) is 2.92. The largest absolute Gasteiger partial charge is 0.352 e. The van der Waals surface area contributed by atoms with Gasteiger partial charge in [-0.2, -0.15) is 0 Å². The Morgan fingerprint density at radius 3 is 2.12 bits per heavy atom. The van der Waals surface area contributed by atoms with E-state index in [1.807, 2.05) is 39.8 Å². The monoisotopic (exact) mass is 567 g/mol. The van der Waals surface area contributed by atoms with E-state index in [1.54, 1.807) is 43.3 Å². The fourth-order valence-electron chi connectivity index (χ4n) is 4.49. The fourth-order valence-corrected chi connectivity index (χ4v) is 5.94. The zero-order valence-electron chi connectivity index (χ0n) is 23.7. The van der Waals surface area contributed by atoms with E-state index < -0.39 is 34.3 Å². The highest BCUT2D eigenvalue weighted by Gasteiger charge is 2.34. The summed E-state index contributed by atoms with van der Waals surface area (Å²) < 4.78 is 42.8. The van der Waals surface area contributed by atoms with Gasteiger partial charge in [-0.1, -0.05) is 61.9 Å². The molecule has 0 saturated heterocycles. The molecule has 0 heterocycles. The fraction of sp³-hybridized carbons (Fsp3) is 0.355. The highest BCUT2D eigenvalue weighted by atomic mass is 32.2. The van der Waals surface area contributed by atoms with Crippen molar-refractivity contribution in [1.82, 2.24) is 10.2 Å². The summed E-state index contributed by atoms with van der Waals surface area (Å²) in [6.45, 7) is 8.73. The maximum absolute atomic E-state index is 14.1. The van der Waals surface area contributed by atoms with Crippen LogP contribution in [-0.4, -0.2) is 43.8 Å². The molecule has 9 heteroatoms. The lowest BCUT2D eigenvalue weighted by Gasteiger charge is -2.34. The molecule has 40 heavy (non-hydrogen) atoms. The minimum atomic E-state index is -4.15. The van der Waals surface area contributed by atoms with Crippen molar-refractivity contribution in [2.45, 2.75) is 71.0 Å². The van der Waals surface area contributed by atoms with E-state index in [9.17, 15) is 22.4 Å². The average molecular weight is 568 g/mol. The number of anilines is 1. The Morgan fingerprint density at radius 2 is 1.55 bits per heavy atom. The van der Waals surface area contributed by atoms with Gasteiger partial charge in [0.25, 0.3) is 10.0 Å². The number of nitrogens with one attached hydrogen (secondary N) is 1. The van der Waals surface area contributed by atoms with Crippen molar-refractivity contribution in [2.75, 3.05) is 10.8 Å². The van der Waals surface area contributed by atoms with Crippen molar-refractivity contribution in [3.63, 3.8) is 0 Å². The second kappa shape index (κ2) is 13.6. The molecule has 0 aliphatic heterocycles. The molecule has 1 atom stereocenters. The quantitative estimate of drug-likeness (QED) is 0.325. The molecule has 7 nitrogen and oxygen atoms in total. The van der Waals surface area contributed by atoms with Gasteiger partial charge in [0.1, 0.15) is 18.4 Å². The minimum Gasteiger partial charge on any atom is -0.352 e. The number of para-hydroxylation sites is 1. The lowest BCUT2D eigenvalue weighted by atomic mass is 10.1. The summed E-state index contributed by atoms with van der Waals surface area (Å²) in [6, 6.07) is 18.2. The minimum absolute atomic E-state index is 0.0109. The molecule has 3 aromatic rings. The SMILES string of the molecule is CCc1ccccc1N(CC(=O)N(Cc1ccc(F)cc1)C(CC)C(=O)NC(C)C)S(=O)(=O)c1ccc(C)cc1. The molecule has 1 unspecified atom stereocenters. The van der Waals surface area contributed by atoms with Crippen LogP contribution >= 0.6 is 0 Å². The van der Waals surface area contributed by atoms with Crippen LogP contribution in [0.1, 0.15) is 50.8 Å². The second-order valence-corrected chi connectivity index (χ2v) is 11.9. The Bertz CT molecular complexity index is 1410. The van der Waals surface area contributed by atoms with E-state index in [4.69, 9.17) is 0 Å². The van der Waals surface area contributed by atoms with Crippen LogP contribution in [0.5, 0.6) is 0 Å². The Hall–Kier alpha value is -3.72. The molecule has 2 amide bonds. The van der Waals surface area contributed by atoms with Crippen LogP contribution < -0.4 is 9.62 Å². The Kier molecular flexibility index (Phi) is 10.5. The molecule has 0 bridgehead atoms. The predicted molar refractivity (Wildman–Crippen MR) is 156 cm³/mol. The van der Waals surface area contributed by atoms with Crippen molar-refractivity contribution in [3.8, 4) is 0 Å². The summed E-state index contributed by atoms with van der Waals surface area (Å²) in [5, 5.41) is 2.86. The number of aryl methyl sites for hydroxylation is 2. The summed E-state index contributed by atoms with van der Waals surface area (Å²) in [6.07, 6.45) is 0.861. The van der Waals surface area contributed by atoms with Crippen molar-refractivity contribution < 1.29 is 22.4 Å². The second-order valence-electron chi connectivity index (χ2n) is 10.0. The van der Waals surface area contributed by atoms with E-state index in [0.717, 1.165) is 15.4 Å². The molecule has 0 radical (unpaired) electrons. The van der Waals surface area contributed by atoms with E-state index >= 15 is 0 Å². The summed E-state index contributed by atoms with van der Waals surface area (Å²) in [5.41, 5.74) is 2.69. The number of halogens is 1. The van der Waals surface area contributed by atoms with Gasteiger partial charge in [0.2, 0.25) is 11.8 Å². The van der Waals surface area contributed by atoms with Crippen molar-refractivity contribution >= 4 is 27.5 Å². The van der Waals surface area contributed by atoms with Gasteiger partial charge in [-0.15, -0.1) is 0 Å². The highest BCUT2D eigenvalue weighted by Crippen LogP contribution is 2.28. The van der Waals surface area contributed by atoms with Crippen LogP contribution in [0, 0.1) is 12.7 Å². The summed E-state index contributed by atoms with van der Waals surface area (Å²) in [5.74, 6) is -1.30. The normalized spacial score (nSPS) is 12.2. The summed E-state index contributed by atoms with van der Waals surface area (Å²) in [7, 11) is -4.15. The molecule has 3 rings (SSSR count). The molecule has 1 N–H and O–H groups in total. The number of nitrogens with zero attached hydrogens (tertiary/aromatic N) is 2. The predicted octanol–water partition coefficient (Wildman–Crippen LogP) is 5.22. The van der Waals surface area contributed by atoms with Gasteiger partial charge in [-0.05, 0) is 75.1 Å². The molecule has 0 spiro atoms. The van der Waals surface area contributed by atoms with Crippen molar-refractivity contribution in [3.05, 3.63) is 95.3 Å². The number of carbonyl (C=O) groups excluding carboxylic acids is 2. The van der Waals surface area contributed by atoms with Crippen LogP contribution in [-0.2, 0) is 32.6 Å². The molecule has 3 aromatic carbocycles. The van der Waals surface area contributed by atoms with E-state index in [-0.39, 0.29) is 23.4 Å². The number of benzene rings is 3. The van der Waals surface area contributed by atoms with E-state index in [0.29, 0.717) is 24.1 Å². The number of rotatable bonds is 12. The van der Waals surface area contributed by atoms with Gasteiger partial charge >= 0.3 is 0 Å². The number of hydrogen-bond donors (Lipinski definition) is 1. The third kappa shape index (κ3) is 7.47. The number of amides is 2. The molecular weight excluding hydrogens is 529 g/mol. The molecule has 0 aliphatic carbocycles. The van der Waals surface area contributed by atoms with Gasteiger partial charge in [0.15, 0.2) is 0 Å². The lowest BCUT2D eigenvalue weighted by molar-refractivity contribution is -0.140. The first-order chi connectivity index (χ1) is 19.0. The molecule has 0 aliphatic rings. The first-order valence-electron chi connectivity index (χ1n) is 13.5. The maximum Gasteiger partial charge on any atom is 0.264 e. The topological polar surface area (TPSA) is 86.8 Å². The van der Waals surface area contributed by atoms with Crippen LogP contribution in [0.4, 0.5) is 10.1 Å². The molecular formula is C31H38FN3O4S. The van der Waals surface area contributed by atoms with Crippen LogP contribution in [0.15, 0.2) is 77.7 Å². The van der Waals surface area contributed by atoms with Gasteiger partial charge in [0.05, 0.1) is 10.6 Å². The van der Waals surface area contributed by atoms with Crippen LogP contribution in [0.3, 0.4) is 0 Å². The van der Waals surface area contributed by atoms with Crippen LogP contribution in [0.25, 0.3) is 0 Å². The van der Waals surface area contributed by atoms with Crippen molar-refractivity contribution in [2.24, 2.45) is 0 Å². The van der Waals surface area contributed by atoms with Gasteiger partial charge < -0.3 is 10.2 Å². The highest BCUT2D eigenvalue weighted by molar-refractivity contribution is 7.92. The third-order valence-corrected chi connectivity index (χ3v) is 8.39. The Morgan fingerprint density at radius 1 is 0.925 bits per heavy atom. The summed E-state index contributed by atoms with van der Waals surface area (Å²) >= 11 is 0. The Balaban J connectivity index is 2.09. The molecule has 0 saturated carbocycles. The first kappa shape index (κ1) is 30.8. The third-order valence-electron chi connectivity index (χ3n) is 6.61. The number of carbonyl (C=O) groups is 2. The van der Waals surface area contributed by atoms with E-state index in [2.05, 4.69) is 5.32 Å². The van der Waals surface area contributed by atoms with Crippen LogP contribution in [0.2, 0.25) is 0 Å². The summed E-state index contributed by atoms with van der Waals surface area (Å²) in [4.78, 5) is 28.7.